The summed E-state index contributed by atoms with van der Waals surface area (Å²) in [5, 5.41) is 0. The summed E-state index contributed by atoms with van der Waals surface area (Å²) in [4.78, 5) is 21.1. The number of likely N-dealkylation sites (tertiary alicyclic amines) is 1. The number of pyridine rings is 1. The van der Waals surface area contributed by atoms with E-state index in [9.17, 15) is 4.79 Å². The topological polar surface area (TPSA) is 36.4 Å². The van der Waals surface area contributed by atoms with Gasteiger partial charge >= 0.3 is 0 Å². The Hall–Kier alpha value is -1.42. The van der Waals surface area contributed by atoms with Gasteiger partial charge < -0.3 is 4.90 Å². The van der Waals surface area contributed by atoms with Gasteiger partial charge in [0, 0.05) is 38.3 Å². The maximum atomic E-state index is 12.3. The van der Waals surface area contributed by atoms with Gasteiger partial charge in [-0.25, -0.2) is 4.98 Å². The molecule has 4 nitrogen and oxygen atoms in total. The summed E-state index contributed by atoms with van der Waals surface area (Å²) in [7, 11) is 0. The van der Waals surface area contributed by atoms with E-state index < -0.39 is 0 Å². The Morgan fingerprint density at radius 2 is 2.10 bits per heavy atom. The van der Waals surface area contributed by atoms with E-state index in [1.165, 1.54) is 25.9 Å². The highest BCUT2D eigenvalue weighted by atomic mass is 16.2. The smallest absolute Gasteiger partial charge is 0.228 e. The summed E-state index contributed by atoms with van der Waals surface area (Å²) in [6.07, 6.45) is 5.07. The first-order valence-electron chi connectivity index (χ1n) is 8.14. The van der Waals surface area contributed by atoms with Crippen LogP contribution in [-0.4, -0.2) is 41.5 Å². The SMILES string of the molecule is CCC(=O)N(c1ccccn1)[C@H](C)CN1CC2CCC2C1. The third-order valence-corrected chi connectivity index (χ3v) is 4.99. The van der Waals surface area contributed by atoms with Crippen molar-refractivity contribution < 1.29 is 4.79 Å². The third kappa shape index (κ3) is 2.95. The van der Waals surface area contributed by atoms with Gasteiger partial charge in [-0.3, -0.25) is 9.69 Å². The molecule has 2 aliphatic rings. The Kier molecular flexibility index (Phi) is 4.24. The van der Waals surface area contributed by atoms with Gasteiger partial charge in [-0.2, -0.15) is 0 Å². The molecule has 3 atom stereocenters. The van der Waals surface area contributed by atoms with Crippen LogP contribution in [0.1, 0.15) is 33.1 Å². The van der Waals surface area contributed by atoms with E-state index in [0.29, 0.717) is 6.42 Å². The lowest BCUT2D eigenvalue weighted by atomic mass is 9.77. The number of nitrogens with zero attached hydrogens (tertiary/aromatic N) is 3. The van der Waals surface area contributed by atoms with Gasteiger partial charge in [0.15, 0.2) is 0 Å². The fourth-order valence-electron chi connectivity index (χ4n) is 3.73. The standard InChI is InChI=1S/C17H25N3O/c1-3-17(21)20(16-6-4-5-9-18-16)13(2)10-19-11-14-7-8-15(14)12-19/h4-6,9,13-15H,3,7-8,10-12H2,1-2H3/t13-,14?,15?/m1/s1. The molecule has 1 aliphatic heterocycles. The Bertz CT molecular complexity index is 478. The van der Waals surface area contributed by atoms with Crippen LogP contribution in [0, 0.1) is 11.8 Å². The zero-order chi connectivity index (χ0) is 14.8. The van der Waals surface area contributed by atoms with Crippen LogP contribution in [0.15, 0.2) is 24.4 Å². The van der Waals surface area contributed by atoms with Crippen LogP contribution in [0.25, 0.3) is 0 Å². The quantitative estimate of drug-likeness (QED) is 0.835. The molecule has 1 aromatic rings. The lowest BCUT2D eigenvalue weighted by Crippen LogP contribution is -2.45. The molecule has 2 fully saturated rings. The van der Waals surface area contributed by atoms with Crippen LogP contribution in [0.2, 0.25) is 0 Å². The zero-order valence-electron chi connectivity index (χ0n) is 13.0. The van der Waals surface area contributed by atoms with Crippen LogP contribution in [0.3, 0.4) is 0 Å². The molecule has 0 aromatic carbocycles. The number of rotatable bonds is 5. The lowest BCUT2D eigenvalue weighted by molar-refractivity contribution is -0.118. The maximum Gasteiger partial charge on any atom is 0.228 e. The summed E-state index contributed by atoms with van der Waals surface area (Å²) >= 11 is 0. The van der Waals surface area contributed by atoms with Gasteiger partial charge in [0.1, 0.15) is 5.82 Å². The van der Waals surface area contributed by atoms with E-state index in [-0.39, 0.29) is 11.9 Å². The minimum absolute atomic E-state index is 0.156. The average molecular weight is 287 g/mol. The number of hydrogen-bond donors (Lipinski definition) is 0. The molecule has 1 saturated carbocycles. The number of hydrogen-bond acceptors (Lipinski definition) is 3. The Labute approximate surface area is 127 Å². The minimum atomic E-state index is 0.156. The van der Waals surface area contributed by atoms with E-state index in [1.807, 2.05) is 30.0 Å². The molecule has 3 rings (SSSR count). The lowest BCUT2D eigenvalue weighted by Gasteiger charge is -2.31. The molecule has 0 bridgehead atoms. The number of amides is 1. The van der Waals surface area contributed by atoms with Crippen LogP contribution in [0.5, 0.6) is 0 Å². The summed E-state index contributed by atoms with van der Waals surface area (Å²) in [6, 6.07) is 5.93. The molecule has 0 radical (unpaired) electrons. The molecular formula is C17H25N3O. The van der Waals surface area contributed by atoms with Crippen LogP contribution in [-0.2, 0) is 4.79 Å². The van der Waals surface area contributed by atoms with Crippen molar-refractivity contribution >= 4 is 11.7 Å². The van der Waals surface area contributed by atoms with E-state index in [4.69, 9.17) is 0 Å². The van der Waals surface area contributed by atoms with Gasteiger partial charge in [0.05, 0.1) is 0 Å². The molecule has 2 unspecified atom stereocenters. The van der Waals surface area contributed by atoms with E-state index in [1.54, 1.807) is 6.20 Å². The molecule has 2 heterocycles. The summed E-state index contributed by atoms with van der Waals surface area (Å²) in [6.45, 7) is 7.44. The predicted molar refractivity (Wildman–Crippen MR) is 84.1 cm³/mol. The van der Waals surface area contributed by atoms with Crippen molar-refractivity contribution in [2.24, 2.45) is 11.8 Å². The van der Waals surface area contributed by atoms with Gasteiger partial charge in [-0.05, 0) is 43.7 Å². The van der Waals surface area contributed by atoms with E-state index >= 15 is 0 Å². The second-order valence-electron chi connectivity index (χ2n) is 6.47. The molecule has 21 heavy (non-hydrogen) atoms. The largest absolute Gasteiger partial charge is 0.301 e. The van der Waals surface area contributed by atoms with Crippen LogP contribution < -0.4 is 4.90 Å². The highest BCUT2D eigenvalue weighted by molar-refractivity contribution is 5.92. The van der Waals surface area contributed by atoms with E-state index in [2.05, 4.69) is 16.8 Å². The fourth-order valence-corrected chi connectivity index (χ4v) is 3.73. The molecule has 0 N–H and O–H groups in total. The van der Waals surface area contributed by atoms with Gasteiger partial charge in [-0.15, -0.1) is 0 Å². The van der Waals surface area contributed by atoms with Crippen molar-refractivity contribution in [2.75, 3.05) is 24.5 Å². The molecule has 114 valence electrons. The second-order valence-corrected chi connectivity index (χ2v) is 6.47. The average Bonchev–Trinajstić information content (AvgIpc) is 2.75. The third-order valence-electron chi connectivity index (χ3n) is 4.99. The highest BCUT2D eigenvalue weighted by Crippen LogP contribution is 2.40. The molecule has 4 heteroatoms. The van der Waals surface area contributed by atoms with Crippen molar-refractivity contribution in [3.63, 3.8) is 0 Å². The molecule has 0 spiro atoms. The maximum absolute atomic E-state index is 12.3. The van der Waals surface area contributed by atoms with Crippen LogP contribution in [0.4, 0.5) is 5.82 Å². The first-order chi connectivity index (χ1) is 10.2. The van der Waals surface area contributed by atoms with Crippen molar-refractivity contribution in [2.45, 2.75) is 39.2 Å². The van der Waals surface area contributed by atoms with E-state index in [0.717, 1.165) is 24.2 Å². The number of carbonyl (C=O) groups is 1. The van der Waals surface area contributed by atoms with Gasteiger partial charge in [-0.1, -0.05) is 13.0 Å². The zero-order valence-corrected chi connectivity index (χ0v) is 13.0. The second kappa shape index (κ2) is 6.14. The number of aromatic nitrogens is 1. The monoisotopic (exact) mass is 287 g/mol. The highest BCUT2D eigenvalue weighted by Gasteiger charge is 2.39. The number of carbonyl (C=O) groups excluding carboxylic acids is 1. The van der Waals surface area contributed by atoms with Crippen molar-refractivity contribution in [3.8, 4) is 0 Å². The van der Waals surface area contributed by atoms with Crippen LogP contribution >= 0.6 is 0 Å². The summed E-state index contributed by atoms with van der Waals surface area (Å²) < 4.78 is 0. The summed E-state index contributed by atoms with van der Waals surface area (Å²) in [5.41, 5.74) is 0. The van der Waals surface area contributed by atoms with Gasteiger partial charge in [0.2, 0.25) is 5.91 Å². The fraction of sp³-hybridized carbons (Fsp3) is 0.647. The normalized spacial score (nSPS) is 26.0. The van der Waals surface area contributed by atoms with Crippen molar-refractivity contribution in [1.82, 2.24) is 9.88 Å². The number of anilines is 1. The molecule has 1 amide bonds. The molecular weight excluding hydrogens is 262 g/mol. The number of fused-ring (bicyclic) bond motifs is 1. The first kappa shape index (κ1) is 14.5. The summed E-state index contributed by atoms with van der Waals surface area (Å²) in [5.74, 6) is 2.77. The minimum Gasteiger partial charge on any atom is -0.301 e. The first-order valence-corrected chi connectivity index (χ1v) is 8.14. The molecule has 1 aliphatic carbocycles. The Morgan fingerprint density at radius 1 is 1.38 bits per heavy atom. The predicted octanol–water partition coefficient (Wildman–Crippen LogP) is 2.55. The Morgan fingerprint density at radius 3 is 2.62 bits per heavy atom. The Balaban J connectivity index is 1.69. The van der Waals surface area contributed by atoms with Gasteiger partial charge in [0.25, 0.3) is 0 Å². The van der Waals surface area contributed by atoms with Crippen molar-refractivity contribution in [3.05, 3.63) is 24.4 Å². The van der Waals surface area contributed by atoms with Crippen molar-refractivity contribution in [1.29, 1.82) is 0 Å². The molecule has 1 aromatic heterocycles. The molecule has 1 saturated heterocycles.